The second-order valence-corrected chi connectivity index (χ2v) is 20.3. The van der Waals surface area contributed by atoms with Crippen molar-refractivity contribution < 1.29 is 0 Å². The molecule has 5 aromatic carbocycles. The molecule has 6 aromatic rings. The van der Waals surface area contributed by atoms with Crippen LogP contribution in [0.1, 0.15) is 16.7 Å². The van der Waals surface area contributed by atoms with E-state index in [0.717, 1.165) is 10.5 Å². The van der Waals surface area contributed by atoms with Crippen LogP contribution in [0.3, 0.4) is 0 Å². The van der Waals surface area contributed by atoms with E-state index in [1.54, 1.807) is 11.3 Å². The Hall–Kier alpha value is -3.19. The molecule has 0 bridgehead atoms. The molecule has 1 aromatic heterocycles. The molecule has 0 N–H and O–H groups in total. The topological polar surface area (TPSA) is 12.9 Å². The predicted octanol–water partition coefficient (Wildman–Crippen LogP) is 6.27. The van der Waals surface area contributed by atoms with Crippen molar-refractivity contribution in [2.24, 2.45) is 0 Å². The molecule has 0 saturated heterocycles. The fourth-order valence-electron chi connectivity index (χ4n) is 5.10. The Labute approximate surface area is 227 Å². The van der Waals surface area contributed by atoms with Crippen LogP contribution in [0.15, 0.2) is 121 Å². The van der Waals surface area contributed by atoms with E-state index in [9.17, 15) is 0 Å². The van der Waals surface area contributed by atoms with E-state index in [1.165, 1.54) is 41.0 Å². The predicted molar refractivity (Wildman–Crippen MR) is 163 cm³/mol. The summed E-state index contributed by atoms with van der Waals surface area (Å²) in [5.41, 5.74) is 6.19. The van der Waals surface area contributed by atoms with E-state index in [-0.39, 0.29) is 0 Å². The molecule has 0 aliphatic rings. The number of hydrogen-bond donors (Lipinski definition) is 0. The Balaban J connectivity index is 1.74. The van der Waals surface area contributed by atoms with Crippen molar-refractivity contribution in [3.63, 3.8) is 0 Å². The quantitative estimate of drug-likeness (QED) is 0.212. The average Bonchev–Trinajstić information content (AvgIpc) is 3.36. The summed E-state index contributed by atoms with van der Waals surface area (Å²) in [6.45, 7) is 6.52. The molecule has 0 saturated carbocycles. The number of benzene rings is 5. The van der Waals surface area contributed by atoms with E-state index in [0.29, 0.717) is 0 Å². The maximum atomic E-state index is 5.13. The van der Waals surface area contributed by atoms with Crippen LogP contribution in [0.5, 0.6) is 0 Å². The molecule has 0 aliphatic carbocycles. The van der Waals surface area contributed by atoms with Gasteiger partial charge >= 0.3 is 229 Å². The SMILES string of the molecule is Cc1cc[c]([Sb+]([c]2ccc(C)cc2)([c]2ccc(C)cc2)[c]2ccccc2-c2nc3ccccc3s2)cc1. The zero-order chi connectivity index (χ0) is 25.4. The fourth-order valence-corrected chi connectivity index (χ4v) is 18.8. The summed E-state index contributed by atoms with van der Waals surface area (Å²) in [6, 6.07) is 45.5. The van der Waals surface area contributed by atoms with Crippen LogP contribution >= 0.6 is 11.3 Å². The molecule has 0 atom stereocenters. The van der Waals surface area contributed by atoms with Crippen LogP contribution in [0.4, 0.5) is 0 Å². The first-order chi connectivity index (χ1) is 18.1. The van der Waals surface area contributed by atoms with E-state index < -0.39 is 18.8 Å². The van der Waals surface area contributed by atoms with Gasteiger partial charge in [-0.1, -0.05) is 0 Å². The van der Waals surface area contributed by atoms with Crippen molar-refractivity contribution in [2.45, 2.75) is 20.8 Å². The summed E-state index contributed by atoms with van der Waals surface area (Å²) in [4.78, 5) is 5.13. The summed E-state index contributed by atoms with van der Waals surface area (Å²) < 4.78 is 7.02. The van der Waals surface area contributed by atoms with Gasteiger partial charge in [-0.3, -0.25) is 0 Å². The van der Waals surface area contributed by atoms with Crippen LogP contribution < -0.4 is 14.0 Å². The van der Waals surface area contributed by atoms with E-state index in [1.807, 2.05) is 0 Å². The number of fused-ring (bicyclic) bond motifs is 1. The molecular weight excluding hydrogens is 576 g/mol. The number of aryl methyl sites for hydroxylation is 3. The van der Waals surface area contributed by atoms with Crippen molar-refractivity contribution in [2.75, 3.05) is 0 Å². The minimum atomic E-state index is -3.63. The van der Waals surface area contributed by atoms with Gasteiger partial charge in [-0.25, -0.2) is 0 Å². The first kappa shape index (κ1) is 24.2. The molecule has 0 unspecified atom stereocenters. The molecule has 37 heavy (non-hydrogen) atoms. The van der Waals surface area contributed by atoms with Crippen molar-refractivity contribution in [1.29, 1.82) is 0 Å². The van der Waals surface area contributed by atoms with Crippen LogP contribution in [-0.4, -0.2) is 23.8 Å². The van der Waals surface area contributed by atoms with Crippen molar-refractivity contribution in [1.82, 2.24) is 4.98 Å². The van der Waals surface area contributed by atoms with Gasteiger partial charge in [0.2, 0.25) is 0 Å². The average molecular weight is 605 g/mol. The molecular formula is C34H29NSSb+. The number of rotatable bonds is 5. The Bertz CT molecular complexity index is 1540. The third-order valence-electron chi connectivity index (χ3n) is 7.05. The second-order valence-electron chi connectivity index (χ2n) is 9.68. The number of aromatic nitrogens is 1. The molecule has 180 valence electrons. The van der Waals surface area contributed by atoms with Gasteiger partial charge < -0.3 is 0 Å². The minimum absolute atomic E-state index is 1.07. The summed E-state index contributed by atoms with van der Waals surface area (Å²) in [5, 5.41) is 1.10. The number of hydrogen-bond acceptors (Lipinski definition) is 2. The van der Waals surface area contributed by atoms with Gasteiger partial charge in [-0.2, -0.15) is 0 Å². The van der Waals surface area contributed by atoms with Gasteiger partial charge in [0.15, 0.2) is 0 Å². The van der Waals surface area contributed by atoms with Gasteiger partial charge in [-0.15, -0.1) is 0 Å². The standard InChI is InChI=1S/C13H8NS.3C7H7.Sb/c1-2-6-10(7-3-1)13-14-11-8-4-5-9-12(11)15-13;3*1-7-5-3-2-4-6-7;/h1-6,8-9H;3*3-6H,1H3;/q;;;;+1. The first-order valence-corrected chi connectivity index (χ1v) is 18.5. The Kier molecular flexibility index (Phi) is 6.49. The van der Waals surface area contributed by atoms with Crippen molar-refractivity contribution in [3.05, 3.63) is 138 Å². The molecule has 0 aliphatic heterocycles. The Morgan fingerprint density at radius 1 is 0.514 bits per heavy atom. The zero-order valence-electron chi connectivity index (χ0n) is 21.3. The second kappa shape index (κ2) is 9.93. The molecule has 0 radical (unpaired) electrons. The van der Waals surface area contributed by atoms with Crippen LogP contribution in [0.25, 0.3) is 20.8 Å². The normalized spacial score (nSPS) is 11.6. The third-order valence-corrected chi connectivity index (χ3v) is 20.5. The molecule has 1 heterocycles. The first-order valence-electron chi connectivity index (χ1n) is 12.6. The van der Waals surface area contributed by atoms with Gasteiger partial charge in [0.05, 0.1) is 0 Å². The monoisotopic (exact) mass is 604 g/mol. The zero-order valence-corrected chi connectivity index (χ0v) is 24.7. The van der Waals surface area contributed by atoms with Gasteiger partial charge in [0.1, 0.15) is 0 Å². The molecule has 0 amide bonds. The molecule has 0 fully saturated rings. The van der Waals surface area contributed by atoms with E-state index in [2.05, 4.69) is 142 Å². The number of thiazole rings is 1. The number of nitrogens with zero attached hydrogens (tertiary/aromatic N) is 1. The fraction of sp³-hybridized carbons (Fsp3) is 0.0882. The molecule has 3 heteroatoms. The summed E-state index contributed by atoms with van der Waals surface area (Å²) in [6.07, 6.45) is 0. The molecule has 1 nitrogen and oxygen atoms in total. The third kappa shape index (κ3) is 4.33. The van der Waals surface area contributed by atoms with Crippen molar-refractivity contribution in [3.8, 4) is 10.6 Å². The summed E-state index contributed by atoms with van der Waals surface area (Å²) >= 11 is -1.84. The van der Waals surface area contributed by atoms with E-state index >= 15 is 0 Å². The van der Waals surface area contributed by atoms with Gasteiger partial charge in [0, 0.05) is 0 Å². The summed E-state index contributed by atoms with van der Waals surface area (Å²) in [5.74, 6) is 0. The van der Waals surface area contributed by atoms with Gasteiger partial charge in [0.25, 0.3) is 0 Å². The molecule has 0 spiro atoms. The van der Waals surface area contributed by atoms with Crippen LogP contribution in [0.2, 0.25) is 0 Å². The number of para-hydroxylation sites is 1. The van der Waals surface area contributed by atoms with E-state index in [4.69, 9.17) is 4.98 Å². The maximum absolute atomic E-state index is 5.13. The Morgan fingerprint density at radius 2 is 0.973 bits per heavy atom. The summed E-state index contributed by atoms with van der Waals surface area (Å²) in [7, 11) is 0. The van der Waals surface area contributed by atoms with Crippen LogP contribution in [0, 0.1) is 20.8 Å². The van der Waals surface area contributed by atoms with Crippen LogP contribution in [-0.2, 0) is 0 Å². The van der Waals surface area contributed by atoms with Crippen molar-refractivity contribution >= 4 is 54.4 Å². The Morgan fingerprint density at radius 3 is 1.49 bits per heavy atom. The molecule has 6 rings (SSSR count). The van der Waals surface area contributed by atoms with Gasteiger partial charge in [-0.05, 0) is 0 Å².